The van der Waals surface area contributed by atoms with Gasteiger partial charge in [-0.25, -0.2) is 8.42 Å². The van der Waals surface area contributed by atoms with Crippen molar-refractivity contribution < 1.29 is 22.7 Å². The summed E-state index contributed by atoms with van der Waals surface area (Å²) in [6.45, 7) is 1.92. The minimum Gasteiger partial charge on any atom is -0.497 e. The summed E-state index contributed by atoms with van der Waals surface area (Å²) < 4.78 is 38.1. The fraction of sp³-hybridized carbons (Fsp3) is 0.136. The van der Waals surface area contributed by atoms with Crippen molar-refractivity contribution in [3.05, 3.63) is 77.9 Å². The Morgan fingerprint density at radius 1 is 0.867 bits per heavy atom. The van der Waals surface area contributed by atoms with Crippen molar-refractivity contribution in [1.29, 1.82) is 0 Å². The maximum absolute atomic E-state index is 12.6. The van der Waals surface area contributed by atoms with E-state index in [4.69, 9.17) is 9.47 Å². The summed E-state index contributed by atoms with van der Waals surface area (Å²) in [6.07, 6.45) is 0. The van der Waals surface area contributed by atoms with Gasteiger partial charge in [-0.2, -0.15) is 0 Å². The van der Waals surface area contributed by atoms with Crippen molar-refractivity contribution >= 4 is 27.3 Å². The molecule has 8 heteroatoms. The zero-order valence-electron chi connectivity index (χ0n) is 16.8. The van der Waals surface area contributed by atoms with Gasteiger partial charge in [0.25, 0.3) is 15.9 Å². The molecule has 0 bridgehead atoms. The molecule has 0 fully saturated rings. The van der Waals surface area contributed by atoms with Crippen molar-refractivity contribution in [3.8, 4) is 11.5 Å². The average Bonchev–Trinajstić information content (AvgIpc) is 2.75. The van der Waals surface area contributed by atoms with Crippen LogP contribution in [0.4, 0.5) is 11.4 Å². The predicted octanol–water partition coefficient (Wildman–Crippen LogP) is 4.07. The predicted molar refractivity (Wildman–Crippen MR) is 116 cm³/mol. The number of sulfonamides is 1. The standard InChI is InChI=1S/C22H22N2O5S/c1-15-4-8-17(9-5-15)24-30(26,27)19-11-6-16(7-12-19)22(25)23-20-14-18(28-2)10-13-21(20)29-3/h4-14,24H,1-3H3,(H,23,25). The minimum absolute atomic E-state index is 0.0542. The number of benzene rings is 3. The van der Waals surface area contributed by atoms with Gasteiger partial charge in [-0.3, -0.25) is 9.52 Å². The summed E-state index contributed by atoms with van der Waals surface area (Å²) in [6, 6.07) is 17.7. The first-order valence-electron chi connectivity index (χ1n) is 9.05. The van der Waals surface area contributed by atoms with E-state index >= 15 is 0 Å². The Balaban J connectivity index is 1.76. The molecule has 0 aliphatic heterocycles. The van der Waals surface area contributed by atoms with Crippen molar-refractivity contribution in [2.24, 2.45) is 0 Å². The van der Waals surface area contributed by atoms with E-state index in [1.54, 1.807) is 30.3 Å². The third kappa shape index (κ3) is 4.90. The first-order chi connectivity index (χ1) is 14.3. The average molecular weight is 426 g/mol. The maximum atomic E-state index is 12.6. The van der Waals surface area contributed by atoms with Gasteiger partial charge in [0.15, 0.2) is 0 Å². The molecule has 7 nitrogen and oxygen atoms in total. The van der Waals surface area contributed by atoms with E-state index in [-0.39, 0.29) is 4.90 Å². The van der Waals surface area contributed by atoms with E-state index in [2.05, 4.69) is 10.0 Å². The number of nitrogens with one attached hydrogen (secondary N) is 2. The number of ether oxygens (including phenoxy) is 2. The molecule has 0 aromatic heterocycles. The molecule has 0 atom stereocenters. The van der Waals surface area contributed by atoms with Gasteiger partial charge >= 0.3 is 0 Å². The molecule has 0 unspecified atom stereocenters. The van der Waals surface area contributed by atoms with Crippen molar-refractivity contribution in [3.63, 3.8) is 0 Å². The largest absolute Gasteiger partial charge is 0.497 e. The van der Waals surface area contributed by atoms with Crippen LogP contribution in [0.25, 0.3) is 0 Å². The van der Waals surface area contributed by atoms with Gasteiger partial charge < -0.3 is 14.8 Å². The Labute approximate surface area is 175 Å². The van der Waals surface area contributed by atoms with E-state index in [9.17, 15) is 13.2 Å². The molecular formula is C22H22N2O5S. The normalized spacial score (nSPS) is 10.9. The number of aryl methyl sites for hydroxylation is 1. The van der Waals surface area contributed by atoms with Gasteiger partial charge in [0, 0.05) is 17.3 Å². The molecule has 0 aliphatic rings. The molecule has 0 saturated heterocycles. The molecule has 156 valence electrons. The third-order valence-electron chi connectivity index (χ3n) is 4.39. The van der Waals surface area contributed by atoms with E-state index in [1.807, 2.05) is 19.1 Å². The quantitative estimate of drug-likeness (QED) is 0.594. The number of carbonyl (C=O) groups is 1. The summed E-state index contributed by atoms with van der Waals surface area (Å²) in [7, 11) is -0.742. The Bertz CT molecular complexity index is 1140. The summed E-state index contributed by atoms with van der Waals surface area (Å²) in [5.41, 5.74) is 2.24. The van der Waals surface area contributed by atoms with Crippen LogP contribution in [0.1, 0.15) is 15.9 Å². The topological polar surface area (TPSA) is 93.7 Å². The second-order valence-electron chi connectivity index (χ2n) is 6.52. The molecule has 3 aromatic rings. The van der Waals surface area contributed by atoms with Gasteiger partial charge in [0.05, 0.1) is 24.8 Å². The second kappa shape index (κ2) is 8.87. The lowest BCUT2D eigenvalue weighted by atomic mass is 10.2. The molecule has 2 N–H and O–H groups in total. The Morgan fingerprint density at radius 2 is 1.53 bits per heavy atom. The molecule has 0 heterocycles. The van der Waals surface area contributed by atoms with Crippen LogP contribution in [-0.2, 0) is 10.0 Å². The lowest BCUT2D eigenvalue weighted by Gasteiger charge is -2.12. The Hall–Kier alpha value is -3.52. The Kier molecular flexibility index (Phi) is 6.27. The number of hydrogen-bond donors (Lipinski definition) is 2. The second-order valence-corrected chi connectivity index (χ2v) is 8.20. The lowest BCUT2D eigenvalue weighted by molar-refractivity contribution is 0.102. The number of carbonyl (C=O) groups excluding carboxylic acids is 1. The highest BCUT2D eigenvalue weighted by atomic mass is 32.2. The van der Waals surface area contributed by atoms with Gasteiger partial charge in [0.1, 0.15) is 11.5 Å². The molecule has 0 spiro atoms. The molecule has 3 aromatic carbocycles. The highest BCUT2D eigenvalue weighted by molar-refractivity contribution is 7.92. The van der Waals surface area contributed by atoms with Gasteiger partial charge in [0.2, 0.25) is 0 Å². The van der Waals surface area contributed by atoms with Crippen LogP contribution in [0.3, 0.4) is 0 Å². The number of anilines is 2. The highest BCUT2D eigenvalue weighted by Crippen LogP contribution is 2.29. The van der Waals surface area contributed by atoms with Crippen LogP contribution in [0.5, 0.6) is 11.5 Å². The zero-order valence-corrected chi connectivity index (χ0v) is 17.6. The van der Waals surface area contributed by atoms with Crippen LogP contribution >= 0.6 is 0 Å². The van der Waals surface area contributed by atoms with Crippen molar-refractivity contribution in [2.45, 2.75) is 11.8 Å². The fourth-order valence-electron chi connectivity index (χ4n) is 2.73. The lowest BCUT2D eigenvalue weighted by Crippen LogP contribution is -2.15. The monoisotopic (exact) mass is 426 g/mol. The minimum atomic E-state index is -3.77. The van der Waals surface area contributed by atoms with Gasteiger partial charge in [-0.1, -0.05) is 17.7 Å². The number of methoxy groups -OCH3 is 2. The van der Waals surface area contributed by atoms with Crippen LogP contribution in [-0.4, -0.2) is 28.5 Å². The SMILES string of the molecule is COc1ccc(OC)c(NC(=O)c2ccc(S(=O)(=O)Nc3ccc(C)cc3)cc2)c1. The van der Waals surface area contributed by atoms with Crippen LogP contribution in [0, 0.1) is 6.92 Å². The molecule has 30 heavy (non-hydrogen) atoms. The van der Waals surface area contributed by atoms with E-state index in [1.165, 1.54) is 38.5 Å². The zero-order chi connectivity index (χ0) is 21.7. The van der Waals surface area contributed by atoms with Crippen LogP contribution < -0.4 is 19.5 Å². The Morgan fingerprint density at radius 3 is 2.13 bits per heavy atom. The van der Waals surface area contributed by atoms with Crippen molar-refractivity contribution in [1.82, 2.24) is 0 Å². The maximum Gasteiger partial charge on any atom is 0.261 e. The summed E-state index contributed by atoms with van der Waals surface area (Å²) in [5.74, 6) is 0.636. The van der Waals surface area contributed by atoms with Crippen molar-refractivity contribution in [2.75, 3.05) is 24.3 Å². The highest BCUT2D eigenvalue weighted by Gasteiger charge is 2.16. The third-order valence-corrected chi connectivity index (χ3v) is 5.78. The molecule has 0 saturated carbocycles. The number of rotatable bonds is 7. The molecular weight excluding hydrogens is 404 g/mol. The smallest absolute Gasteiger partial charge is 0.261 e. The molecule has 1 amide bonds. The van der Waals surface area contributed by atoms with Crippen LogP contribution in [0.2, 0.25) is 0 Å². The summed E-state index contributed by atoms with van der Waals surface area (Å²) >= 11 is 0. The molecule has 3 rings (SSSR count). The number of amides is 1. The summed E-state index contributed by atoms with van der Waals surface area (Å²) in [5, 5.41) is 2.75. The molecule has 0 aliphatic carbocycles. The van der Waals surface area contributed by atoms with E-state index in [0.717, 1.165) is 5.56 Å². The van der Waals surface area contributed by atoms with E-state index < -0.39 is 15.9 Å². The van der Waals surface area contributed by atoms with Gasteiger partial charge in [-0.15, -0.1) is 0 Å². The first kappa shape index (κ1) is 21.2. The summed E-state index contributed by atoms with van der Waals surface area (Å²) in [4.78, 5) is 12.6. The fourth-order valence-corrected chi connectivity index (χ4v) is 3.79. The number of hydrogen-bond acceptors (Lipinski definition) is 5. The van der Waals surface area contributed by atoms with Crippen LogP contribution in [0.15, 0.2) is 71.6 Å². The molecule has 0 radical (unpaired) electrons. The van der Waals surface area contributed by atoms with E-state index in [0.29, 0.717) is 28.4 Å². The first-order valence-corrected chi connectivity index (χ1v) is 10.5. The van der Waals surface area contributed by atoms with Gasteiger partial charge in [-0.05, 0) is 55.5 Å².